The smallest absolute Gasteiger partial charge is 0.407 e. The largest absolute Gasteiger partial charge is 0.444 e. The maximum absolute atomic E-state index is 11.0. The lowest BCUT2D eigenvalue weighted by Crippen LogP contribution is -2.37. The average molecular weight is 188 g/mol. The first kappa shape index (κ1) is 11.9. The molecule has 1 atom stereocenters. The Bertz CT molecular complexity index is 186. The minimum absolute atomic E-state index is 0.00157. The average Bonchev–Trinajstić information content (AvgIpc) is 1.97. The van der Waals surface area contributed by atoms with Gasteiger partial charge in [-0.05, 0) is 20.8 Å². The highest BCUT2D eigenvalue weighted by Crippen LogP contribution is 2.06. The summed E-state index contributed by atoms with van der Waals surface area (Å²) >= 11 is 0. The molecule has 0 aromatic rings. The SMILES string of the molecule is CC(C)(C)OC(=O)NCC(O)C=N. The third kappa shape index (κ3) is 7.27. The van der Waals surface area contributed by atoms with E-state index >= 15 is 0 Å². The van der Waals surface area contributed by atoms with Crippen LogP contribution in [0.2, 0.25) is 0 Å². The van der Waals surface area contributed by atoms with Crippen LogP contribution in [0.25, 0.3) is 0 Å². The maximum Gasteiger partial charge on any atom is 0.407 e. The van der Waals surface area contributed by atoms with E-state index in [4.69, 9.17) is 15.3 Å². The van der Waals surface area contributed by atoms with E-state index in [1.54, 1.807) is 20.8 Å². The van der Waals surface area contributed by atoms with Crippen molar-refractivity contribution in [3.8, 4) is 0 Å². The Kier molecular flexibility index (Phi) is 4.40. The van der Waals surface area contributed by atoms with E-state index in [0.29, 0.717) is 0 Å². The van der Waals surface area contributed by atoms with Crippen molar-refractivity contribution in [3.63, 3.8) is 0 Å². The molecule has 0 bridgehead atoms. The zero-order valence-electron chi connectivity index (χ0n) is 8.13. The monoisotopic (exact) mass is 188 g/mol. The van der Waals surface area contributed by atoms with Crippen LogP contribution in [-0.2, 0) is 4.74 Å². The van der Waals surface area contributed by atoms with Crippen molar-refractivity contribution in [3.05, 3.63) is 0 Å². The number of amides is 1. The van der Waals surface area contributed by atoms with Gasteiger partial charge in [0.25, 0.3) is 0 Å². The number of alkyl carbamates (subject to hydrolysis) is 1. The molecule has 0 heterocycles. The number of aliphatic hydroxyl groups is 1. The van der Waals surface area contributed by atoms with Gasteiger partial charge in [-0.25, -0.2) is 4.79 Å². The first-order valence-electron chi connectivity index (χ1n) is 4.00. The van der Waals surface area contributed by atoms with Crippen LogP contribution in [0.5, 0.6) is 0 Å². The summed E-state index contributed by atoms with van der Waals surface area (Å²) in [7, 11) is 0. The second-order valence-electron chi connectivity index (χ2n) is 3.62. The van der Waals surface area contributed by atoms with Gasteiger partial charge in [-0.3, -0.25) is 0 Å². The molecule has 0 fully saturated rings. The summed E-state index contributed by atoms with van der Waals surface area (Å²) in [6.45, 7) is 5.25. The number of hydrogen-bond acceptors (Lipinski definition) is 4. The van der Waals surface area contributed by atoms with Crippen molar-refractivity contribution in [2.75, 3.05) is 6.54 Å². The standard InChI is InChI=1S/C8H16N2O3/c1-8(2,3)13-7(12)10-5-6(11)4-9/h4,6,9,11H,5H2,1-3H3,(H,10,12). The Morgan fingerprint density at radius 2 is 2.23 bits per heavy atom. The van der Waals surface area contributed by atoms with E-state index in [1.807, 2.05) is 0 Å². The molecule has 5 heteroatoms. The van der Waals surface area contributed by atoms with Crippen LogP contribution in [0.1, 0.15) is 20.8 Å². The van der Waals surface area contributed by atoms with E-state index in [1.165, 1.54) is 0 Å². The highest BCUT2D eigenvalue weighted by Gasteiger charge is 2.16. The van der Waals surface area contributed by atoms with Gasteiger partial charge >= 0.3 is 6.09 Å². The predicted octanol–water partition coefficient (Wildman–Crippen LogP) is 0.522. The van der Waals surface area contributed by atoms with E-state index in [0.717, 1.165) is 6.21 Å². The number of ether oxygens (including phenoxy) is 1. The lowest BCUT2D eigenvalue weighted by molar-refractivity contribution is 0.0510. The molecular weight excluding hydrogens is 172 g/mol. The van der Waals surface area contributed by atoms with Crippen LogP contribution >= 0.6 is 0 Å². The van der Waals surface area contributed by atoms with Crippen LogP contribution in [0, 0.1) is 5.41 Å². The van der Waals surface area contributed by atoms with Crippen LogP contribution in [0.15, 0.2) is 0 Å². The molecule has 0 saturated heterocycles. The van der Waals surface area contributed by atoms with E-state index in [-0.39, 0.29) is 6.54 Å². The quantitative estimate of drug-likeness (QED) is 0.565. The molecule has 0 radical (unpaired) electrons. The number of hydrogen-bond donors (Lipinski definition) is 3. The third-order valence-electron chi connectivity index (χ3n) is 1.05. The summed E-state index contributed by atoms with van der Waals surface area (Å²) in [6, 6.07) is 0. The van der Waals surface area contributed by atoms with E-state index in [2.05, 4.69) is 5.32 Å². The second-order valence-corrected chi connectivity index (χ2v) is 3.62. The Hall–Kier alpha value is -1.10. The molecule has 1 amide bonds. The van der Waals surface area contributed by atoms with E-state index in [9.17, 15) is 4.79 Å². The van der Waals surface area contributed by atoms with Crippen LogP contribution in [0.3, 0.4) is 0 Å². The first-order valence-corrected chi connectivity index (χ1v) is 4.00. The van der Waals surface area contributed by atoms with Crippen LogP contribution < -0.4 is 5.32 Å². The molecule has 0 spiro atoms. The Morgan fingerprint density at radius 3 is 2.62 bits per heavy atom. The van der Waals surface area contributed by atoms with Crippen molar-refractivity contribution in [2.45, 2.75) is 32.5 Å². The van der Waals surface area contributed by atoms with Crippen molar-refractivity contribution in [1.82, 2.24) is 5.32 Å². The highest BCUT2D eigenvalue weighted by atomic mass is 16.6. The highest BCUT2D eigenvalue weighted by molar-refractivity contribution is 5.69. The van der Waals surface area contributed by atoms with E-state index < -0.39 is 17.8 Å². The van der Waals surface area contributed by atoms with Gasteiger partial charge in [-0.15, -0.1) is 0 Å². The fourth-order valence-corrected chi connectivity index (χ4v) is 0.561. The molecule has 0 rings (SSSR count). The zero-order chi connectivity index (χ0) is 10.5. The topological polar surface area (TPSA) is 82.4 Å². The number of rotatable bonds is 3. The van der Waals surface area contributed by atoms with Crippen LogP contribution in [0.4, 0.5) is 4.79 Å². The Labute approximate surface area is 77.6 Å². The summed E-state index contributed by atoms with van der Waals surface area (Å²) in [5.41, 5.74) is -0.542. The van der Waals surface area contributed by atoms with Gasteiger partial charge in [0.2, 0.25) is 0 Å². The molecule has 0 aromatic carbocycles. The van der Waals surface area contributed by atoms with Gasteiger partial charge in [-0.1, -0.05) is 0 Å². The molecule has 0 aromatic heterocycles. The molecule has 0 aliphatic rings. The molecule has 5 nitrogen and oxygen atoms in total. The maximum atomic E-state index is 11.0. The molecule has 3 N–H and O–H groups in total. The Morgan fingerprint density at radius 1 is 1.69 bits per heavy atom. The third-order valence-corrected chi connectivity index (χ3v) is 1.05. The van der Waals surface area contributed by atoms with Gasteiger partial charge in [0, 0.05) is 6.21 Å². The van der Waals surface area contributed by atoms with Crippen LogP contribution in [-0.4, -0.2) is 35.7 Å². The number of carbonyl (C=O) groups is 1. The number of nitrogens with one attached hydrogen (secondary N) is 2. The first-order chi connectivity index (χ1) is 5.85. The van der Waals surface area contributed by atoms with Gasteiger partial charge in [0.05, 0.1) is 6.54 Å². The normalized spacial score (nSPS) is 13.2. The lowest BCUT2D eigenvalue weighted by atomic mass is 10.2. The number of carbonyl (C=O) groups excluding carboxylic acids is 1. The summed E-state index contributed by atoms with van der Waals surface area (Å²) in [5, 5.41) is 17.9. The molecule has 76 valence electrons. The molecule has 1 unspecified atom stereocenters. The van der Waals surface area contributed by atoms with Gasteiger partial charge in [0.15, 0.2) is 0 Å². The summed E-state index contributed by atoms with van der Waals surface area (Å²) in [4.78, 5) is 11.0. The summed E-state index contributed by atoms with van der Waals surface area (Å²) in [5.74, 6) is 0. The molecule has 0 saturated carbocycles. The predicted molar refractivity (Wildman–Crippen MR) is 49.0 cm³/mol. The zero-order valence-corrected chi connectivity index (χ0v) is 8.13. The van der Waals surface area contributed by atoms with Gasteiger partial charge in [0.1, 0.15) is 11.7 Å². The van der Waals surface area contributed by atoms with Crippen molar-refractivity contribution >= 4 is 12.3 Å². The Balaban J connectivity index is 3.70. The molecular formula is C8H16N2O3. The second kappa shape index (κ2) is 4.81. The minimum atomic E-state index is -0.951. The minimum Gasteiger partial charge on any atom is -0.444 e. The lowest BCUT2D eigenvalue weighted by Gasteiger charge is -2.19. The molecule has 0 aliphatic heterocycles. The number of aliphatic hydroxyl groups excluding tert-OH is 1. The van der Waals surface area contributed by atoms with Gasteiger partial charge in [-0.2, -0.15) is 0 Å². The van der Waals surface area contributed by atoms with Gasteiger partial charge < -0.3 is 20.6 Å². The summed E-state index contributed by atoms with van der Waals surface area (Å²) < 4.78 is 4.90. The molecule has 0 aliphatic carbocycles. The van der Waals surface area contributed by atoms with Crippen molar-refractivity contribution in [1.29, 1.82) is 5.41 Å². The summed E-state index contributed by atoms with van der Waals surface area (Å²) in [6.07, 6.45) is -0.696. The molecule has 13 heavy (non-hydrogen) atoms. The van der Waals surface area contributed by atoms with Crippen molar-refractivity contribution < 1.29 is 14.6 Å². The van der Waals surface area contributed by atoms with Crippen molar-refractivity contribution in [2.24, 2.45) is 0 Å². The fraction of sp³-hybridized carbons (Fsp3) is 0.750. The fourth-order valence-electron chi connectivity index (χ4n) is 0.561.